The number of carboxylic acids is 1. The van der Waals surface area contributed by atoms with Gasteiger partial charge in [-0.05, 0) is 65.1 Å². The number of alkyl halides is 3. The molecule has 0 aromatic heterocycles. The molecule has 0 spiro atoms. The zero-order valence-corrected chi connectivity index (χ0v) is 30.9. The van der Waals surface area contributed by atoms with E-state index < -0.39 is 66.1 Å². The van der Waals surface area contributed by atoms with E-state index in [-0.39, 0.29) is 38.3 Å². The number of esters is 1. The highest BCUT2D eigenvalue weighted by atomic mass is 19.4. The molecule has 0 heterocycles. The lowest BCUT2D eigenvalue weighted by Gasteiger charge is -2.34. The number of hydrogen-bond donors (Lipinski definition) is 6. The number of primary amides is 2. The number of nitrogens with two attached hydrogens (primary N) is 3. The van der Waals surface area contributed by atoms with Crippen LogP contribution in [0.3, 0.4) is 0 Å². The van der Waals surface area contributed by atoms with Crippen LogP contribution in [0.1, 0.15) is 49.3 Å². The number of aliphatic carboxylic acids is 1. The van der Waals surface area contributed by atoms with Crippen LogP contribution in [0.15, 0.2) is 72.8 Å². The van der Waals surface area contributed by atoms with Crippen molar-refractivity contribution in [1.29, 1.82) is 0 Å². The van der Waals surface area contributed by atoms with Crippen LogP contribution in [0, 0.1) is 5.92 Å². The molecule has 0 radical (unpaired) electrons. The van der Waals surface area contributed by atoms with Crippen molar-refractivity contribution in [3.05, 3.63) is 89.5 Å². The van der Waals surface area contributed by atoms with E-state index in [1.165, 1.54) is 12.0 Å². The molecule has 0 fully saturated rings. The fourth-order valence-corrected chi connectivity index (χ4v) is 6.08. The average Bonchev–Trinajstić information content (AvgIpc) is 3.47. The molecule has 3 aromatic carbocycles. The Hall–Kier alpha value is -6.17. The minimum atomic E-state index is -5.08. The Balaban J connectivity index is 0.00000109. The van der Waals surface area contributed by atoms with Gasteiger partial charge in [0.1, 0.15) is 24.7 Å². The van der Waals surface area contributed by atoms with Gasteiger partial charge in [0.05, 0.1) is 7.11 Å². The first-order valence-electron chi connectivity index (χ1n) is 17.4. The third-order valence-electron chi connectivity index (χ3n) is 8.80. The molecule has 3 aromatic rings. The van der Waals surface area contributed by atoms with E-state index in [1.54, 1.807) is 38.1 Å². The number of urea groups is 1. The Labute approximate surface area is 320 Å². The Bertz CT molecular complexity index is 1830. The number of carbonyl (C=O) groups is 6. The molecule has 0 saturated heterocycles. The van der Waals surface area contributed by atoms with Crippen LogP contribution in [0.5, 0.6) is 0 Å². The van der Waals surface area contributed by atoms with E-state index in [0.717, 1.165) is 22.3 Å². The minimum Gasteiger partial charge on any atom is -0.475 e. The number of rotatable bonds is 15. The zero-order valence-electron chi connectivity index (χ0n) is 30.9. The van der Waals surface area contributed by atoms with Crippen LogP contribution in [0.2, 0.25) is 0 Å². The Morgan fingerprint density at radius 2 is 1.43 bits per heavy atom. The molecule has 0 aliphatic heterocycles. The summed E-state index contributed by atoms with van der Waals surface area (Å²) in [5.41, 5.74) is 22.2. The monoisotopic (exact) mass is 786 g/mol. The van der Waals surface area contributed by atoms with Crippen molar-refractivity contribution in [3.8, 4) is 11.1 Å². The van der Waals surface area contributed by atoms with Gasteiger partial charge in [0.25, 0.3) is 5.91 Å². The number of carboxylic acid groups (broad SMARTS) is 1. The summed E-state index contributed by atoms with van der Waals surface area (Å²) in [6.45, 7) is 3.72. The van der Waals surface area contributed by atoms with Crippen molar-refractivity contribution in [2.75, 3.05) is 25.2 Å². The van der Waals surface area contributed by atoms with Gasteiger partial charge in [-0.15, -0.1) is 0 Å². The van der Waals surface area contributed by atoms with Gasteiger partial charge in [-0.3, -0.25) is 19.3 Å². The third-order valence-corrected chi connectivity index (χ3v) is 8.80. The lowest BCUT2D eigenvalue weighted by Crippen LogP contribution is -2.57. The number of fused-ring (bicyclic) bond motifs is 3. The van der Waals surface area contributed by atoms with Gasteiger partial charge in [0.15, 0.2) is 0 Å². The first kappa shape index (κ1) is 44.2. The first-order chi connectivity index (χ1) is 26.4. The van der Waals surface area contributed by atoms with E-state index in [1.807, 2.05) is 48.5 Å². The number of carbonyl (C=O) groups excluding carboxylic acids is 5. The molecule has 9 N–H and O–H groups in total. The minimum absolute atomic E-state index is 0.0501. The summed E-state index contributed by atoms with van der Waals surface area (Å²) in [5.74, 6) is -5.30. The van der Waals surface area contributed by atoms with Crippen LogP contribution < -0.4 is 32.7 Å². The maximum Gasteiger partial charge on any atom is 0.490 e. The van der Waals surface area contributed by atoms with Gasteiger partial charge < -0.3 is 42.4 Å². The van der Waals surface area contributed by atoms with Crippen molar-refractivity contribution in [3.63, 3.8) is 0 Å². The summed E-state index contributed by atoms with van der Waals surface area (Å²) in [4.78, 5) is 73.7. The molecule has 56 heavy (non-hydrogen) atoms. The van der Waals surface area contributed by atoms with E-state index in [0.29, 0.717) is 11.3 Å². The quantitative estimate of drug-likeness (QED) is 0.0966. The summed E-state index contributed by atoms with van der Waals surface area (Å²) in [6, 6.07) is 18.6. The zero-order chi connectivity index (χ0) is 41.7. The summed E-state index contributed by atoms with van der Waals surface area (Å²) < 4.78 is 42.2. The molecule has 15 nitrogen and oxygen atoms in total. The number of hydrogen-bond acceptors (Lipinski definition) is 9. The van der Waals surface area contributed by atoms with Gasteiger partial charge in [-0.2, -0.15) is 13.2 Å². The van der Waals surface area contributed by atoms with Crippen molar-refractivity contribution < 1.29 is 56.5 Å². The maximum atomic E-state index is 14.4. The molecule has 0 saturated carbocycles. The number of alkyl carbamates (subject to hydrolysis) is 1. The molecule has 5 amide bonds. The number of methoxy groups -OCH3 is 1. The van der Waals surface area contributed by atoms with Gasteiger partial charge in [0, 0.05) is 18.2 Å². The lowest BCUT2D eigenvalue weighted by molar-refractivity contribution is -0.192. The Kier molecular flexibility index (Phi) is 15.8. The number of anilines is 1. The predicted octanol–water partition coefficient (Wildman–Crippen LogP) is 3.56. The lowest BCUT2D eigenvalue weighted by atomic mass is 9.98. The summed E-state index contributed by atoms with van der Waals surface area (Å²) in [6.07, 6.45) is -5.33. The number of nitrogens with zero attached hydrogens (tertiary/aromatic N) is 1. The number of ether oxygens (including phenoxy) is 2. The third kappa shape index (κ3) is 11.9. The largest absolute Gasteiger partial charge is 0.490 e. The summed E-state index contributed by atoms with van der Waals surface area (Å²) in [7, 11) is 1.25. The summed E-state index contributed by atoms with van der Waals surface area (Å²) >= 11 is 0. The summed E-state index contributed by atoms with van der Waals surface area (Å²) in [5, 5.41) is 12.3. The highest BCUT2D eigenvalue weighted by Crippen LogP contribution is 2.44. The first-order valence-corrected chi connectivity index (χ1v) is 17.4. The van der Waals surface area contributed by atoms with Crippen LogP contribution in [0.4, 0.5) is 28.4 Å². The second-order valence-corrected chi connectivity index (χ2v) is 13.1. The van der Waals surface area contributed by atoms with Gasteiger partial charge >= 0.3 is 30.2 Å². The highest BCUT2D eigenvalue weighted by molar-refractivity contribution is 6.04. The highest BCUT2D eigenvalue weighted by Gasteiger charge is 2.39. The second kappa shape index (κ2) is 19.9. The van der Waals surface area contributed by atoms with Gasteiger partial charge in [-0.25, -0.2) is 14.4 Å². The predicted molar refractivity (Wildman–Crippen MR) is 198 cm³/mol. The molecule has 1 aliphatic rings. The van der Waals surface area contributed by atoms with E-state index in [2.05, 4.69) is 10.6 Å². The van der Waals surface area contributed by atoms with Crippen molar-refractivity contribution >= 4 is 41.6 Å². The molecule has 3 atom stereocenters. The van der Waals surface area contributed by atoms with E-state index in [4.69, 9.17) is 36.6 Å². The second-order valence-electron chi connectivity index (χ2n) is 13.1. The molecule has 0 bridgehead atoms. The molecule has 18 heteroatoms. The fourth-order valence-electron chi connectivity index (χ4n) is 6.08. The SMILES string of the molecule is COC(=O)[C@@H](N)Cc1ccc(N(C(=O)[C@@H](NC(=O)OCC2c3ccccc3-c3ccccc32)C(C)C)[C@@H](CCCNC(N)=O)C(N)=O)cc1.O=C(O)C(F)(F)F. The topological polar surface area (TPSA) is 246 Å². The van der Waals surface area contributed by atoms with Crippen LogP contribution in [-0.4, -0.2) is 85.5 Å². The number of halogens is 3. The van der Waals surface area contributed by atoms with Crippen molar-refractivity contribution in [2.45, 2.75) is 63.3 Å². The average molecular weight is 787 g/mol. The molecular weight excluding hydrogens is 741 g/mol. The Morgan fingerprint density at radius 1 is 0.893 bits per heavy atom. The number of nitrogens with one attached hydrogen (secondary N) is 2. The molecule has 0 unspecified atom stereocenters. The van der Waals surface area contributed by atoms with Crippen LogP contribution in [-0.2, 0) is 35.1 Å². The molecular formula is C38H45F3N6O9. The van der Waals surface area contributed by atoms with Gasteiger partial charge in [0.2, 0.25) is 5.91 Å². The van der Waals surface area contributed by atoms with Crippen LogP contribution in [0.25, 0.3) is 11.1 Å². The van der Waals surface area contributed by atoms with Crippen molar-refractivity contribution in [2.24, 2.45) is 23.1 Å². The standard InChI is InChI=1S/C36H44N6O7.C2HF3O2/c1-21(2)31(41-36(47)49-20-28-26-11-6-4-9-24(26)25-10-5-7-12-27(25)28)33(44)42(30(32(38)43)13-8-18-40-35(39)46)23-16-14-22(15-17-23)19-29(37)34(45)48-3;3-2(4,5)1(6)7/h4-7,9-12,14-17,21,28-31H,8,13,18-20,37H2,1-3H3,(H2,38,43)(H,41,47)(H3,39,40,46);(H,6,7)/t29-,30-,31-;/m0./s1. The molecule has 302 valence electrons. The fraction of sp³-hybridized carbons (Fsp3) is 0.368. The number of amides is 5. The molecule has 4 rings (SSSR count). The number of benzene rings is 3. The van der Waals surface area contributed by atoms with E-state index >= 15 is 0 Å². The molecule has 1 aliphatic carbocycles. The van der Waals surface area contributed by atoms with Crippen molar-refractivity contribution in [1.82, 2.24) is 10.6 Å². The Morgan fingerprint density at radius 3 is 1.89 bits per heavy atom. The normalized spacial score (nSPS) is 13.4. The van der Waals surface area contributed by atoms with Gasteiger partial charge in [-0.1, -0.05) is 74.5 Å². The van der Waals surface area contributed by atoms with E-state index in [9.17, 15) is 37.1 Å². The maximum absolute atomic E-state index is 14.4. The van der Waals surface area contributed by atoms with Crippen LogP contribution >= 0.6 is 0 Å². The smallest absolute Gasteiger partial charge is 0.475 e.